The van der Waals surface area contributed by atoms with Crippen molar-refractivity contribution in [3.8, 4) is 0 Å². The maximum atomic E-state index is 11.3. The lowest BCUT2D eigenvalue weighted by molar-refractivity contribution is 0.839. The molecule has 0 aliphatic rings. The van der Waals surface area contributed by atoms with Gasteiger partial charge in [-0.15, -0.1) is 0 Å². The summed E-state index contributed by atoms with van der Waals surface area (Å²) in [5.74, 6) is 0. The van der Waals surface area contributed by atoms with Crippen molar-refractivity contribution < 1.29 is 0 Å². The smallest absolute Gasteiger partial charge is 0.250 e. The fourth-order valence-corrected chi connectivity index (χ4v) is 1.18. The molecule has 0 bridgehead atoms. The van der Waals surface area contributed by atoms with Crippen molar-refractivity contribution in [2.75, 3.05) is 0 Å². The van der Waals surface area contributed by atoms with E-state index in [2.05, 4.69) is 6.58 Å². The number of aryl methyl sites for hydroxylation is 1. The van der Waals surface area contributed by atoms with Crippen molar-refractivity contribution in [3.63, 3.8) is 0 Å². The first-order valence-corrected chi connectivity index (χ1v) is 4.12. The second-order valence-electron chi connectivity index (χ2n) is 2.89. The average Bonchev–Trinajstić information content (AvgIpc) is 2.12. The van der Waals surface area contributed by atoms with E-state index < -0.39 is 0 Å². The monoisotopic (exact) mass is 175 g/mol. The number of hydrogen-bond acceptors (Lipinski definition) is 1. The summed E-state index contributed by atoms with van der Waals surface area (Å²) < 4.78 is 1.62. The molecule has 0 atom stereocenters. The van der Waals surface area contributed by atoms with E-state index in [9.17, 15) is 4.79 Å². The Morgan fingerprint density at radius 1 is 1.46 bits per heavy atom. The highest BCUT2D eigenvalue weighted by Gasteiger charge is 1.98. The molecule has 2 heteroatoms. The Balaban J connectivity index is 3.33. The van der Waals surface area contributed by atoms with Gasteiger partial charge in [0.05, 0.1) is 0 Å². The summed E-state index contributed by atoms with van der Waals surface area (Å²) in [7, 11) is 1.76. The first-order valence-electron chi connectivity index (χ1n) is 4.12. The molecule has 0 radical (unpaired) electrons. The third kappa shape index (κ3) is 1.96. The minimum Gasteiger partial charge on any atom is -0.312 e. The number of allylic oxidation sites excluding steroid dienone is 2. The number of rotatable bonds is 2. The van der Waals surface area contributed by atoms with Gasteiger partial charge in [-0.05, 0) is 18.6 Å². The second-order valence-corrected chi connectivity index (χ2v) is 2.89. The van der Waals surface area contributed by atoms with E-state index in [1.807, 2.05) is 25.1 Å². The Morgan fingerprint density at radius 2 is 2.15 bits per heavy atom. The zero-order valence-corrected chi connectivity index (χ0v) is 7.95. The van der Waals surface area contributed by atoms with Gasteiger partial charge >= 0.3 is 0 Å². The van der Waals surface area contributed by atoms with E-state index in [-0.39, 0.29) is 5.56 Å². The van der Waals surface area contributed by atoms with Gasteiger partial charge in [0.15, 0.2) is 0 Å². The highest BCUT2D eigenvalue weighted by Crippen LogP contribution is 2.05. The Morgan fingerprint density at radius 3 is 2.77 bits per heavy atom. The van der Waals surface area contributed by atoms with Gasteiger partial charge < -0.3 is 4.57 Å². The molecule has 1 rings (SSSR count). The van der Waals surface area contributed by atoms with Crippen LogP contribution in [0.3, 0.4) is 0 Å². The topological polar surface area (TPSA) is 22.0 Å². The predicted octanol–water partition coefficient (Wildman–Crippen LogP) is 1.89. The molecule has 0 spiro atoms. The Hall–Kier alpha value is -1.57. The van der Waals surface area contributed by atoms with Gasteiger partial charge in [-0.2, -0.15) is 0 Å². The average molecular weight is 175 g/mol. The molecule has 0 N–H and O–H groups in total. The van der Waals surface area contributed by atoms with E-state index in [0.29, 0.717) is 0 Å². The Kier molecular flexibility index (Phi) is 2.85. The largest absolute Gasteiger partial charge is 0.312 e. The van der Waals surface area contributed by atoms with Crippen LogP contribution in [0.1, 0.15) is 11.3 Å². The summed E-state index contributed by atoms with van der Waals surface area (Å²) in [6.07, 6.45) is 5.39. The van der Waals surface area contributed by atoms with Crippen molar-refractivity contribution >= 4 is 6.08 Å². The zero-order valence-electron chi connectivity index (χ0n) is 7.95. The van der Waals surface area contributed by atoms with Crippen LogP contribution in [0.15, 0.2) is 35.7 Å². The third-order valence-corrected chi connectivity index (χ3v) is 1.96. The number of nitrogens with zero attached hydrogens (tertiary/aromatic N) is 1. The lowest BCUT2D eigenvalue weighted by atomic mass is 10.2. The van der Waals surface area contributed by atoms with E-state index >= 15 is 0 Å². The fraction of sp³-hybridized carbons (Fsp3) is 0.182. The van der Waals surface area contributed by atoms with Crippen LogP contribution in [0.2, 0.25) is 0 Å². The highest BCUT2D eigenvalue weighted by atomic mass is 16.1. The third-order valence-electron chi connectivity index (χ3n) is 1.96. The fourth-order valence-electron chi connectivity index (χ4n) is 1.18. The van der Waals surface area contributed by atoms with Crippen molar-refractivity contribution in [2.45, 2.75) is 6.92 Å². The standard InChI is InChI=1S/C11H13NO/c1-4-5-6-10-9(2)7-8-11(13)12(10)3/h4-8H,1H2,2-3H3/b6-5-. The van der Waals surface area contributed by atoms with Crippen molar-refractivity contribution in [2.24, 2.45) is 7.05 Å². The molecule has 0 unspecified atom stereocenters. The molecule has 0 aromatic carbocycles. The SMILES string of the molecule is C=C/C=C\c1c(C)ccc(=O)n1C. The van der Waals surface area contributed by atoms with E-state index in [0.717, 1.165) is 11.3 Å². The van der Waals surface area contributed by atoms with E-state index in [1.54, 1.807) is 23.8 Å². The van der Waals surface area contributed by atoms with Gasteiger partial charge in [-0.3, -0.25) is 4.79 Å². The van der Waals surface area contributed by atoms with Gasteiger partial charge in [0, 0.05) is 18.8 Å². The van der Waals surface area contributed by atoms with Gasteiger partial charge in [0.25, 0.3) is 5.56 Å². The highest BCUT2D eigenvalue weighted by molar-refractivity contribution is 5.50. The molecule has 68 valence electrons. The molecular formula is C11H13NO. The van der Waals surface area contributed by atoms with Crippen molar-refractivity contribution in [3.05, 3.63) is 52.5 Å². The second kappa shape index (κ2) is 3.90. The summed E-state index contributed by atoms with van der Waals surface area (Å²) >= 11 is 0. The van der Waals surface area contributed by atoms with Crippen LogP contribution in [-0.4, -0.2) is 4.57 Å². The molecular weight excluding hydrogens is 162 g/mol. The van der Waals surface area contributed by atoms with Crippen LogP contribution in [0.25, 0.3) is 6.08 Å². The van der Waals surface area contributed by atoms with Crippen LogP contribution in [0, 0.1) is 6.92 Å². The molecule has 2 nitrogen and oxygen atoms in total. The molecule has 1 aromatic heterocycles. The maximum absolute atomic E-state index is 11.3. The van der Waals surface area contributed by atoms with Crippen molar-refractivity contribution in [1.82, 2.24) is 4.57 Å². The summed E-state index contributed by atoms with van der Waals surface area (Å²) in [6.45, 7) is 5.56. The molecule has 1 heterocycles. The first-order chi connectivity index (χ1) is 6.16. The Bertz CT molecular complexity index is 399. The minimum absolute atomic E-state index is 0.00862. The molecule has 0 aliphatic heterocycles. The van der Waals surface area contributed by atoms with E-state index in [1.165, 1.54) is 0 Å². The van der Waals surface area contributed by atoms with Crippen LogP contribution in [0.4, 0.5) is 0 Å². The summed E-state index contributed by atoms with van der Waals surface area (Å²) in [5.41, 5.74) is 2.02. The number of aromatic nitrogens is 1. The number of pyridine rings is 1. The van der Waals surface area contributed by atoms with Crippen LogP contribution < -0.4 is 5.56 Å². The molecule has 13 heavy (non-hydrogen) atoms. The van der Waals surface area contributed by atoms with E-state index in [4.69, 9.17) is 0 Å². The van der Waals surface area contributed by atoms with Crippen LogP contribution >= 0.6 is 0 Å². The minimum atomic E-state index is 0.00862. The van der Waals surface area contributed by atoms with Gasteiger partial charge in [0.2, 0.25) is 0 Å². The molecule has 0 saturated heterocycles. The van der Waals surface area contributed by atoms with Crippen LogP contribution in [-0.2, 0) is 7.05 Å². The van der Waals surface area contributed by atoms with Crippen LogP contribution in [0.5, 0.6) is 0 Å². The molecule has 0 amide bonds. The van der Waals surface area contributed by atoms with Gasteiger partial charge in [-0.1, -0.05) is 24.8 Å². The quantitative estimate of drug-likeness (QED) is 0.629. The Labute approximate surface area is 77.8 Å². The molecule has 1 aromatic rings. The lowest BCUT2D eigenvalue weighted by Gasteiger charge is -2.05. The molecule has 0 saturated carbocycles. The first kappa shape index (κ1) is 9.52. The number of hydrogen-bond donors (Lipinski definition) is 0. The van der Waals surface area contributed by atoms with Gasteiger partial charge in [-0.25, -0.2) is 0 Å². The van der Waals surface area contributed by atoms with Crippen molar-refractivity contribution in [1.29, 1.82) is 0 Å². The normalized spacial score (nSPS) is 10.6. The molecule has 0 fully saturated rings. The summed E-state index contributed by atoms with van der Waals surface area (Å²) in [6, 6.07) is 3.39. The zero-order chi connectivity index (χ0) is 9.84. The summed E-state index contributed by atoms with van der Waals surface area (Å²) in [4.78, 5) is 11.3. The predicted molar refractivity (Wildman–Crippen MR) is 55.7 cm³/mol. The summed E-state index contributed by atoms with van der Waals surface area (Å²) in [5, 5.41) is 0. The van der Waals surface area contributed by atoms with Gasteiger partial charge in [0.1, 0.15) is 0 Å². The molecule has 0 aliphatic carbocycles. The maximum Gasteiger partial charge on any atom is 0.250 e. The lowest BCUT2D eigenvalue weighted by Crippen LogP contribution is -2.18.